The van der Waals surface area contributed by atoms with Crippen LogP contribution in [0.4, 0.5) is 10.1 Å². The van der Waals surface area contributed by atoms with Crippen LogP contribution in [0, 0.1) is 5.82 Å². The number of nitrogens with one attached hydrogen (secondary N) is 2. The highest BCUT2D eigenvalue weighted by Gasteiger charge is 2.35. The van der Waals surface area contributed by atoms with E-state index >= 15 is 0 Å². The number of pyridine rings is 1. The molecule has 0 fully saturated rings. The van der Waals surface area contributed by atoms with Gasteiger partial charge in [-0.2, -0.15) is 5.10 Å². The van der Waals surface area contributed by atoms with E-state index in [-0.39, 0.29) is 17.5 Å². The number of benzene rings is 2. The Balaban J connectivity index is 1.83. The molecule has 5 rings (SSSR count). The van der Waals surface area contributed by atoms with Gasteiger partial charge in [-0.25, -0.2) is 9.07 Å². The summed E-state index contributed by atoms with van der Waals surface area (Å²) >= 11 is 0. The second-order valence-corrected chi connectivity index (χ2v) is 8.04. The first-order valence-electron chi connectivity index (χ1n) is 10.7. The van der Waals surface area contributed by atoms with Crippen LogP contribution in [0.3, 0.4) is 0 Å². The van der Waals surface area contributed by atoms with Crippen molar-refractivity contribution in [3.63, 3.8) is 0 Å². The average Bonchev–Trinajstić information content (AvgIpc) is 2.81. The third-order valence-electron chi connectivity index (χ3n) is 6.05. The predicted molar refractivity (Wildman–Crippen MR) is 123 cm³/mol. The SMILES string of the molecule is CCn1nc2c3c(cc(F)cc3c1=O)NC(c1ccncc1)C2c1cccc(CNC)c1. The van der Waals surface area contributed by atoms with Crippen molar-refractivity contribution in [2.24, 2.45) is 0 Å². The smallest absolute Gasteiger partial charge is 0.274 e. The molecule has 7 heteroatoms. The van der Waals surface area contributed by atoms with E-state index in [4.69, 9.17) is 5.10 Å². The lowest BCUT2D eigenvalue weighted by atomic mass is 9.80. The van der Waals surface area contributed by atoms with Crippen LogP contribution in [0.2, 0.25) is 0 Å². The van der Waals surface area contributed by atoms with Crippen LogP contribution < -0.4 is 16.2 Å². The number of hydrogen-bond donors (Lipinski definition) is 2. The number of rotatable bonds is 5. The van der Waals surface area contributed by atoms with Crippen molar-refractivity contribution in [1.82, 2.24) is 20.1 Å². The number of nitrogens with zero attached hydrogens (tertiary/aromatic N) is 3. The van der Waals surface area contributed by atoms with Gasteiger partial charge >= 0.3 is 0 Å². The molecule has 1 aliphatic rings. The van der Waals surface area contributed by atoms with Gasteiger partial charge in [0.25, 0.3) is 5.56 Å². The Labute approximate surface area is 185 Å². The highest BCUT2D eigenvalue weighted by molar-refractivity contribution is 5.97. The molecule has 2 N–H and O–H groups in total. The fourth-order valence-corrected chi connectivity index (χ4v) is 4.67. The molecule has 2 aromatic carbocycles. The van der Waals surface area contributed by atoms with Gasteiger partial charge in [-0.15, -0.1) is 0 Å². The van der Waals surface area contributed by atoms with Crippen LogP contribution in [0.15, 0.2) is 65.7 Å². The second kappa shape index (κ2) is 8.16. The molecule has 2 unspecified atom stereocenters. The zero-order valence-corrected chi connectivity index (χ0v) is 18.0. The van der Waals surface area contributed by atoms with E-state index in [2.05, 4.69) is 33.8 Å². The van der Waals surface area contributed by atoms with Crippen molar-refractivity contribution in [3.8, 4) is 0 Å². The van der Waals surface area contributed by atoms with Crippen LogP contribution in [0.5, 0.6) is 0 Å². The number of halogens is 1. The van der Waals surface area contributed by atoms with Gasteiger partial charge < -0.3 is 10.6 Å². The number of anilines is 1. The third-order valence-corrected chi connectivity index (χ3v) is 6.05. The minimum atomic E-state index is -0.445. The maximum Gasteiger partial charge on any atom is 0.274 e. The maximum absolute atomic E-state index is 14.5. The summed E-state index contributed by atoms with van der Waals surface area (Å²) in [6.45, 7) is 3.03. The lowest BCUT2D eigenvalue weighted by molar-refractivity contribution is 0.563. The van der Waals surface area contributed by atoms with Crippen LogP contribution in [0.1, 0.15) is 41.3 Å². The van der Waals surface area contributed by atoms with Gasteiger partial charge in [-0.3, -0.25) is 9.78 Å². The molecule has 0 spiro atoms. The van der Waals surface area contributed by atoms with E-state index in [1.807, 2.05) is 32.2 Å². The zero-order valence-electron chi connectivity index (χ0n) is 18.0. The molecule has 0 aliphatic carbocycles. The molecule has 32 heavy (non-hydrogen) atoms. The first-order valence-corrected chi connectivity index (χ1v) is 10.7. The molecule has 2 aromatic heterocycles. The molecule has 1 aliphatic heterocycles. The van der Waals surface area contributed by atoms with Gasteiger partial charge in [0.1, 0.15) is 5.82 Å². The van der Waals surface area contributed by atoms with E-state index in [1.54, 1.807) is 12.4 Å². The molecule has 162 valence electrons. The summed E-state index contributed by atoms with van der Waals surface area (Å²) in [5.74, 6) is -0.618. The fourth-order valence-electron chi connectivity index (χ4n) is 4.67. The van der Waals surface area contributed by atoms with Crippen LogP contribution in [-0.4, -0.2) is 21.8 Å². The molecule has 2 atom stereocenters. The van der Waals surface area contributed by atoms with Gasteiger partial charge in [0.15, 0.2) is 0 Å². The maximum atomic E-state index is 14.5. The Bertz CT molecular complexity index is 1350. The minimum Gasteiger partial charge on any atom is -0.377 e. The van der Waals surface area contributed by atoms with Crippen molar-refractivity contribution in [1.29, 1.82) is 0 Å². The topological polar surface area (TPSA) is 71.8 Å². The highest BCUT2D eigenvalue weighted by atomic mass is 19.1. The molecule has 3 heterocycles. The lowest BCUT2D eigenvalue weighted by Crippen LogP contribution is -2.31. The van der Waals surface area contributed by atoms with Crippen LogP contribution in [-0.2, 0) is 13.1 Å². The fraction of sp³-hybridized carbons (Fsp3) is 0.240. The van der Waals surface area contributed by atoms with Crippen molar-refractivity contribution < 1.29 is 4.39 Å². The van der Waals surface area contributed by atoms with Crippen LogP contribution in [0.25, 0.3) is 10.8 Å². The quantitative estimate of drug-likeness (QED) is 0.502. The van der Waals surface area contributed by atoms with Gasteiger partial charge in [0, 0.05) is 36.6 Å². The second-order valence-electron chi connectivity index (χ2n) is 8.04. The van der Waals surface area contributed by atoms with Crippen molar-refractivity contribution in [3.05, 3.63) is 99.5 Å². The molecule has 6 nitrogen and oxygen atoms in total. The number of aromatic nitrogens is 3. The molecule has 0 saturated heterocycles. The first kappa shape index (κ1) is 20.3. The normalized spacial score (nSPS) is 17.3. The largest absolute Gasteiger partial charge is 0.377 e. The van der Waals surface area contributed by atoms with Gasteiger partial charge in [-0.05, 0) is 54.9 Å². The summed E-state index contributed by atoms with van der Waals surface area (Å²) in [5.41, 5.74) is 4.34. The molecule has 4 aromatic rings. The number of aryl methyl sites for hydroxylation is 1. The van der Waals surface area contributed by atoms with E-state index in [9.17, 15) is 9.18 Å². The van der Waals surface area contributed by atoms with Gasteiger partial charge in [0.2, 0.25) is 0 Å². The van der Waals surface area contributed by atoms with Crippen LogP contribution >= 0.6 is 0 Å². The summed E-state index contributed by atoms with van der Waals surface area (Å²) in [5, 5.41) is 12.5. The molecular formula is C25H24FN5O. The highest BCUT2D eigenvalue weighted by Crippen LogP contribution is 2.46. The summed E-state index contributed by atoms with van der Waals surface area (Å²) < 4.78 is 15.9. The van der Waals surface area contributed by atoms with Gasteiger partial charge in [-0.1, -0.05) is 24.3 Å². The Morgan fingerprint density at radius 3 is 2.69 bits per heavy atom. The molecular weight excluding hydrogens is 405 g/mol. The van der Waals surface area contributed by atoms with Gasteiger partial charge in [0.05, 0.1) is 23.0 Å². The standard InChI is InChI=1S/C25H24FN5O/c1-3-31-25(32)19-12-18(26)13-20-22(19)24(30-31)21(17-6-4-5-15(11-17)14-27-2)23(29-20)16-7-9-28-10-8-16/h4-13,21,23,27,29H,3,14H2,1-2H3. The molecule has 0 amide bonds. The monoisotopic (exact) mass is 429 g/mol. The predicted octanol–water partition coefficient (Wildman–Crippen LogP) is 3.97. The molecule has 0 bridgehead atoms. The Kier molecular flexibility index (Phi) is 5.19. The summed E-state index contributed by atoms with van der Waals surface area (Å²) in [4.78, 5) is 17.1. The lowest BCUT2D eigenvalue weighted by Gasteiger charge is -2.35. The van der Waals surface area contributed by atoms with Crippen molar-refractivity contribution in [2.45, 2.75) is 32.0 Å². The van der Waals surface area contributed by atoms with Crippen molar-refractivity contribution >= 4 is 16.5 Å². The first-order chi connectivity index (χ1) is 15.6. The Morgan fingerprint density at radius 1 is 1.12 bits per heavy atom. The zero-order chi connectivity index (χ0) is 22.2. The van der Waals surface area contributed by atoms with E-state index in [0.29, 0.717) is 23.0 Å². The number of hydrogen-bond acceptors (Lipinski definition) is 5. The summed E-state index contributed by atoms with van der Waals surface area (Å²) in [6, 6.07) is 14.9. The molecule has 0 radical (unpaired) electrons. The Morgan fingerprint density at radius 2 is 1.94 bits per heavy atom. The average molecular weight is 429 g/mol. The van der Waals surface area contributed by atoms with E-state index in [1.165, 1.54) is 16.8 Å². The molecule has 0 saturated carbocycles. The van der Waals surface area contributed by atoms with Crippen molar-refractivity contribution in [2.75, 3.05) is 12.4 Å². The summed E-state index contributed by atoms with van der Waals surface area (Å²) in [6.07, 6.45) is 3.51. The van der Waals surface area contributed by atoms with E-state index in [0.717, 1.165) is 28.9 Å². The third kappa shape index (κ3) is 3.35. The van der Waals surface area contributed by atoms with E-state index < -0.39 is 5.82 Å². The minimum absolute atomic E-state index is 0.173. The summed E-state index contributed by atoms with van der Waals surface area (Å²) in [7, 11) is 1.92. The Hall–Kier alpha value is -3.58.